The monoisotopic (exact) mass is 962 g/mol. The van der Waals surface area contributed by atoms with Crippen LogP contribution in [0.25, 0.3) is 22.3 Å². The zero-order chi connectivity index (χ0) is 50.5. The average molecular weight is 963 g/mol. The van der Waals surface area contributed by atoms with E-state index >= 15 is 0 Å². The van der Waals surface area contributed by atoms with Gasteiger partial charge in [0.25, 0.3) is 0 Å². The minimum atomic E-state index is -4.64. The summed E-state index contributed by atoms with van der Waals surface area (Å²) in [5, 5.41) is 10.3. The SMILES string of the molecule is Cc1cc(-c2cnc(C(F)(F)F)nc2)cc(CCC(=O)[C@@H]2[C@@H](F)CCN2C(=O)OC(C)(C)C)n1.Cc1cc(-c2cnc(C(F)(F)F)nc2)cc(CCC(=O)[C@@H]2[C@H](O)CCN2C(=O)OC(C)(C)C)n1. The number of alkyl halides is 7. The molecule has 368 valence electrons. The maximum Gasteiger partial charge on any atom is 0.451 e. The summed E-state index contributed by atoms with van der Waals surface area (Å²) in [5.74, 6) is -3.23. The van der Waals surface area contributed by atoms with Crippen molar-refractivity contribution in [2.24, 2.45) is 0 Å². The molecule has 0 aromatic carbocycles. The Balaban J connectivity index is 0.000000254. The smallest absolute Gasteiger partial charge is 0.444 e. The Hall–Kier alpha value is -6.19. The van der Waals surface area contributed by atoms with E-state index < -0.39 is 77.5 Å². The predicted octanol–water partition coefficient (Wildman–Crippen LogP) is 8.45. The van der Waals surface area contributed by atoms with Gasteiger partial charge in [-0.2, -0.15) is 26.3 Å². The van der Waals surface area contributed by atoms with E-state index in [-0.39, 0.29) is 57.4 Å². The molecular formula is C46H53F7N8O7. The molecule has 0 saturated carbocycles. The third kappa shape index (κ3) is 14.4. The Morgan fingerprint density at radius 3 is 1.35 bits per heavy atom. The van der Waals surface area contributed by atoms with E-state index in [0.717, 1.165) is 29.7 Å². The van der Waals surface area contributed by atoms with Crippen molar-refractivity contribution in [1.29, 1.82) is 0 Å². The van der Waals surface area contributed by atoms with Gasteiger partial charge in [-0.15, -0.1) is 0 Å². The molecule has 2 aliphatic rings. The van der Waals surface area contributed by atoms with Crippen molar-refractivity contribution in [3.05, 3.63) is 83.5 Å². The largest absolute Gasteiger partial charge is 0.451 e. The van der Waals surface area contributed by atoms with Crippen molar-refractivity contribution in [3.8, 4) is 22.3 Å². The van der Waals surface area contributed by atoms with Gasteiger partial charge in [0.15, 0.2) is 11.6 Å². The van der Waals surface area contributed by atoms with Crippen molar-refractivity contribution in [1.82, 2.24) is 39.7 Å². The van der Waals surface area contributed by atoms with Crippen molar-refractivity contribution in [2.45, 2.75) is 142 Å². The molecule has 4 atom stereocenters. The number of carbonyl (C=O) groups excluding carboxylic acids is 4. The molecule has 2 fully saturated rings. The second-order valence-electron chi connectivity index (χ2n) is 18.4. The molecule has 0 unspecified atom stereocenters. The van der Waals surface area contributed by atoms with Crippen LogP contribution < -0.4 is 0 Å². The summed E-state index contributed by atoms with van der Waals surface area (Å²) in [5.41, 5.74) is 2.58. The van der Waals surface area contributed by atoms with E-state index in [9.17, 15) is 55.0 Å². The van der Waals surface area contributed by atoms with Crippen LogP contribution in [0.4, 0.5) is 40.3 Å². The molecular weight excluding hydrogens is 910 g/mol. The van der Waals surface area contributed by atoms with Gasteiger partial charge < -0.3 is 14.6 Å². The summed E-state index contributed by atoms with van der Waals surface area (Å²) >= 11 is 0. The van der Waals surface area contributed by atoms with Gasteiger partial charge in [-0.05, 0) is 116 Å². The summed E-state index contributed by atoms with van der Waals surface area (Å²) in [6.45, 7) is 14.0. The van der Waals surface area contributed by atoms with Crippen LogP contribution in [0, 0.1) is 13.8 Å². The van der Waals surface area contributed by atoms with E-state index in [4.69, 9.17) is 9.47 Å². The van der Waals surface area contributed by atoms with Gasteiger partial charge in [-0.1, -0.05) is 0 Å². The van der Waals surface area contributed by atoms with Crippen LogP contribution in [0.15, 0.2) is 49.1 Å². The summed E-state index contributed by atoms with van der Waals surface area (Å²) < 4.78 is 101. The molecule has 1 N–H and O–H groups in total. The molecule has 2 amide bonds. The Bertz CT molecular complexity index is 2270. The molecule has 4 aromatic heterocycles. The molecule has 2 aliphatic heterocycles. The van der Waals surface area contributed by atoms with Gasteiger partial charge in [-0.25, -0.2) is 33.9 Å². The number of ether oxygens (including phenoxy) is 2. The number of hydrogen-bond acceptors (Lipinski definition) is 13. The summed E-state index contributed by atoms with van der Waals surface area (Å²) in [7, 11) is 0. The van der Waals surface area contributed by atoms with Gasteiger partial charge in [0.05, 0.1) is 6.10 Å². The summed E-state index contributed by atoms with van der Waals surface area (Å²) in [6, 6.07) is 4.41. The number of pyridine rings is 2. The van der Waals surface area contributed by atoms with Gasteiger partial charge >= 0.3 is 24.5 Å². The number of aliphatic hydroxyl groups is 1. The van der Waals surface area contributed by atoms with Crippen molar-refractivity contribution in [2.75, 3.05) is 13.1 Å². The lowest BCUT2D eigenvalue weighted by atomic mass is 10.0. The van der Waals surface area contributed by atoms with Crippen molar-refractivity contribution < 1.29 is 64.5 Å². The average Bonchev–Trinajstić information content (AvgIpc) is 3.82. The molecule has 4 aromatic rings. The zero-order valence-electron chi connectivity index (χ0n) is 38.7. The second kappa shape index (κ2) is 21.0. The van der Waals surface area contributed by atoms with Crippen LogP contribution in [0.5, 0.6) is 0 Å². The number of ketones is 2. The number of rotatable bonds is 10. The normalized spacial score (nSPS) is 18.8. The van der Waals surface area contributed by atoms with Crippen LogP contribution >= 0.6 is 0 Å². The van der Waals surface area contributed by atoms with Crippen LogP contribution in [0.2, 0.25) is 0 Å². The first-order valence-electron chi connectivity index (χ1n) is 21.6. The number of halogens is 7. The van der Waals surface area contributed by atoms with Crippen LogP contribution in [-0.2, 0) is 44.3 Å². The van der Waals surface area contributed by atoms with Gasteiger partial charge in [0.2, 0.25) is 11.6 Å². The molecule has 2 saturated heterocycles. The van der Waals surface area contributed by atoms with Gasteiger partial charge in [0.1, 0.15) is 29.5 Å². The maximum atomic E-state index is 14.5. The van der Waals surface area contributed by atoms with E-state index in [1.54, 1.807) is 79.7 Å². The minimum absolute atomic E-state index is 0.0143. The summed E-state index contributed by atoms with van der Waals surface area (Å²) in [6.07, 6.45) is -8.12. The quantitative estimate of drug-likeness (QED) is 0.149. The first kappa shape index (κ1) is 52.8. The number of likely N-dealkylation sites (tertiary alicyclic amines) is 2. The standard InChI is InChI=1S/C23H26F4N4O3.C23H27F3N4O4/c1-13-9-14(15-11-28-20(29-12-15)23(25,26)27)10-16(30-13)5-6-18(32)19-17(24)7-8-31(19)21(33)34-22(2,3)4;1-13-9-14(15-11-27-20(28-12-15)23(24,25)26)10-16(29-13)5-6-17(31)19-18(32)7-8-30(19)21(33)34-22(2,3)4/h9-12,17,19H,5-8H2,1-4H3;9-12,18-19,32H,5-8H2,1-4H3/t17-,19-;18-,19-/m01/s1. The van der Waals surface area contributed by atoms with E-state index in [2.05, 4.69) is 29.9 Å². The minimum Gasteiger partial charge on any atom is -0.444 e. The number of amides is 2. The third-order valence-electron chi connectivity index (χ3n) is 10.4. The predicted molar refractivity (Wildman–Crippen MR) is 230 cm³/mol. The molecule has 22 heteroatoms. The maximum absolute atomic E-state index is 14.5. The fourth-order valence-corrected chi connectivity index (χ4v) is 7.45. The first-order valence-corrected chi connectivity index (χ1v) is 21.6. The molecule has 0 spiro atoms. The number of hydrogen-bond donors (Lipinski definition) is 1. The second-order valence-corrected chi connectivity index (χ2v) is 18.4. The topological polar surface area (TPSA) is 191 Å². The highest BCUT2D eigenvalue weighted by atomic mass is 19.4. The number of aliphatic hydroxyl groups excluding tert-OH is 1. The number of aromatic nitrogens is 6. The van der Waals surface area contributed by atoms with E-state index in [1.807, 2.05) is 0 Å². The number of nitrogens with zero attached hydrogens (tertiary/aromatic N) is 8. The number of Topliss-reactive ketones (excluding diaryl/α,β-unsaturated/α-hetero) is 2. The van der Waals surface area contributed by atoms with Crippen LogP contribution in [0.3, 0.4) is 0 Å². The Kier molecular flexibility index (Phi) is 16.3. The highest BCUT2D eigenvalue weighted by Gasteiger charge is 2.44. The Morgan fingerprint density at radius 2 is 0.971 bits per heavy atom. The third-order valence-corrected chi connectivity index (χ3v) is 10.4. The zero-order valence-corrected chi connectivity index (χ0v) is 38.7. The highest BCUT2D eigenvalue weighted by Crippen LogP contribution is 2.31. The Labute approximate surface area is 387 Å². The van der Waals surface area contributed by atoms with E-state index in [0.29, 0.717) is 45.0 Å². The lowest BCUT2D eigenvalue weighted by Gasteiger charge is -2.28. The first-order chi connectivity index (χ1) is 31.5. The molecule has 68 heavy (non-hydrogen) atoms. The molecule has 6 rings (SSSR count). The number of carbonyl (C=O) groups is 4. The Morgan fingerprint density at radius 1 is 0.603 bits per heavy atom. The molecule has 6 heterocycles. The number of aryl methyl sites for hydroxylation is 4. The molecule has 0 radical (unpaired) electrons. The van der Waals surface area contributed by atoms with Crippen molar-refractivity contribution in [3.63, 3.8) is 0 Å². The van der Waals surface area contributed by atoms with Crippen LogP contribution in [-0.4, -0.2) is 117 Å². The summed E-state index contributed by atoms with van der Waals surface area (Å²) in [4.78, 5) is 75.3. The lowest BCUT2D eigenvalue weighted by molar-refractivity contribution is -0.145. The molecule has 15 nitrogen and oxygen atoms in total. The lowest BCUT2D eigenvalue weighted by Crippen LogP contribution is -2.47. The molecule has 0 bridgehead atoms. The van der Waals surface area contributed by atoms with Crippen LogP contribution in [0.1, 0.15) is 102 Å². The van der Waals surface area contributed by atoms with E-state index in [1.165, 1.54) is 4.90 Å². The fraction of sp³-hybridized carbons (Fsp3) is 0.522. The highest BCUT2D eigenvalue weighted by molar-refractivity contribution is 5.89. The van der Waals surface area contributed by atoms with Crippen molar-refractivity contribution >= 4 is 23.8 Å². The molecule has 0 aliphatic carbocycles. The fourth-order valence-electron chi connectivity index (χ4n) is 7.45. The van der Waals surface area contributed by atoms with Gasteiger partial charge in [0, 0.05) is 84.6 Å². The van der Waals surface area contributed by atoms with Gasteiger partial charge in [-0.3, -0.25) is 29.4 Å².